The van der Waals surface area contributed by atoms with Gasteiger partial charge in [0.05, 0.1) is 13.2 Å². The lowest BCUT2D eigenvalue weighted by molar-refractivity contribution is 0.149. The lowest BCUT2D eigenvalue weighted by Gasteiger charge is -2.19. The number of rotatable bonds is 7. The van der Waals surface area contributed by atoms with Crippen LogP contribution in [-0.2, 0) is 9.47 Å². The van der Waals surface area contributed by atoms with Gasteiger partial charge >= 0.3 is 0 Å². The maximum absolute atomic E-state index is 5.12. The molecule has 0 amide bonds. The molecule has 1 rings (SSSR count). The van der Waals surface area contributed by atoms with Crippen molar-refractivity contribution in [1.82, 2.24) is 10.2 Å². The predicted molar refractivity (Wildman–Crippen MR) is 65.8 cm³/mol. The van der Waals surface area contributed by atoms with E-state index in [4.69, 9.17) is 9.47 Å². The molecule has 4 heteroatoms. The molecule has 96 valence electrons. The van der Waals surface area contributed by atoms with E-state index < -0.39 is 0 Å². The van der Waals surface area contributed by atoms with Crippen LogP contribution in [0.15, 0.2) is 0 Å². The smallest absolute Gasteiger partial charge is 0.0589 e. The van der Waals surface area contributed by atoms with E-state index in [1.54, 1.807) is 14.2 Å². The highest BCUT2D eigenvalue weighted by Gasteiger charge is 2.15. The van der Waals surface area contributed by atoms with Crippen LogP contribution in [0.5, 0.6) is 0 Å². The van der Waals surface area contributed by atoms with Crippen molar-refractivity contribution in [2.24, 2.45) is 0 Å². The standard InChI is InChI=1S/C12H26N2O2/c1-15-10-6-13-12-4-3-7-14(8-5-12)9-11-16-2/h12-13H,3-11H2,1-2H3. The van der Waals surface area contributed by atoms with Gasteiger partial charge in [0.1, 0.15) is 0 Å². The molecule has 0 aromatic heterocycles. The summed E-state index contributed by atoms with van der Waals surface area (Å²) in [6.07, 6.45) is 3.81. The molecule has 1 saturated heterocycles. The van der Waals surface area contributed by atoms with E-state index in [0.29, 0.717) is 6.04 Å². The van der Waals surface area contributed by atoms with E-state index in [-0.39, 0.29) is 0 Å². The summed E-state index contributed by atoms with van der Waals surface area (Å²) >= 11 is 0. The second-order valence-corrected chi connectivity index (χ2v) is 4.41. The average Bonchev–Trinajstić information content (AvgIpc) is 2.52. The number of nitrogens with one attached hydrogen (secondary N) is 1. The molecule has 16 heavy (non-hydrogen) atoms. The van der Waals surface area contributed by atoms with Crippen molar-refractivity contribution in [3.8, 4) is 0 Å². The molecule has 1 fully saturated rings. The third-order valence-corrected chi connectivity index (χ3v) is 3.17. The van der Waals surface area contributed by atoms with Crippen molar-refractivity contribution in [3.63, 3.8) is 0 Å². The van der Waals surface area contributed by atoms with Crippen molar-refractivity contribution in [1.29, 1.82) is 0 Å². The van der Waals surface area contributed by atoms with Crippen LogP contribution < -0.4 is 5.32 Å². The van der Waals surface area contributed by atoms with E-state index in [1.807, 2.05) is 0 Å². The molecule has 0 saturated carbocycles. The lowest BCUT2D eigenvalue weighted by atomic mass is 10.1. The van der Waals surface area contributed by atoms with Crippen molar-refractivity contribution >= 4 is 0 Å². The van der Waals surface area contributed by atoms with E-state index in [9.17, 15) is 0 Å². The van der Waals surface area contributed by atoms with Crippen LogP contribution in [0.1, 0.15) is 19.3 Å². The van der Waals surface area contributed by atoms with Crippen LogP contribution in [0.2, 0.25) is 0 Å². The molecule has 1 unspecified atom stereocenters. The average molecular weight is 230 g/mol. The normalized spacial score (nSPS) is 23.2. The first kappa shape index (κ1) is 13.9. The summed E-state index contributed by atoms with van der Waals surface area (Å²) in [7, 11) is 3.52. The second-order valence-electron chi connectivity index (χ2n) is 4.41. The first-order valence-corrected chi connectivity index (χ1v) is 6.30. The highest BCUT2D eigenvalue weighted by Crippen LogP contribution is 2.10. The molecule has 0 spiro atoms. The minimum atomic E-state index is 0.669. The molecule has 4 nitrogen and oxygen atoms in total. The van der Waals surface area contributed by atoms with Crippen LogP contribution >= 0.6 is 0 Å². The first-order chi connectivity index (χ1) is 7.86. The van der Waals surface area contributed by atoms with Gasteiger partial charge in [0.25, 0.3) is 0 Å². The third-order valence-electron chi connectivity index (χ3n) is 3.17. The van der Waals surface area contributed by atoms with E-state index in [2.05, 4.69) is 10.2 Å². The van der Waals surface area contributed by atoms with Gasteiger partial charge in [-0.1, -0.05) is 0 Å². The van der Waals surface area contributed by atoms with Crippen molar-refractivity contribution in [2.75, 3.05) is 53.6 Å². The molecule has 1 atom stereocenters. The summed E-state index contributed by atoms with van der Waals surface area (Å²) in [5.41, 5.74) is 0. The highest BCUT2D eigenvalue weighted by molar-refractivity contribution is 4.74. The third kappa shape index (κ3) is 5.80. The van der Waals surface area contributed by atoms with Gasteiger partial charge in [-0.2, -0.15) is 0 Å². The topological polar surface area (TPSA) is 33.7 Å². The van der Waals surface area contributed by atoms with Gasteiger partial charge in [0.2, 0.25) is 0 Å². The quantitative estimate of drug-likeness (QED) is 0.654. The fourth-order valence-corrected chi connectivity index (χ4v) is 2.17. The molecule has 1 aliphatic rings. The monoisotopic (exact) mass is 230 g/mol. The molecular formula is C12H26N2O2. The van der Waals surface area contributed by atoms with Gasteiger partial charge < -0.3 is 19.7 Å². The Morgan fingerprint density at radius 2 is 1.94 bits per heavy atom. The fraction of sp³-hybridized carbons (Fsp3) is 1.00. The molecule has 1 N–H and O–H groups in total. The van der Waals surface area contributed by atoms with Crippen LogP contribution in [0, 0.1) is 0 Å². The van der Waals surface area contributed by atoms with Crippen LogP contribution in [-0.4, -0.2) is 64.6 Å². The second kappa shape index (κ2) is 8.93. The summed E-state index contributed by atoms with van der Waals surface area (Å²) in [6.45, 7) is 6.10. The SMILES string of the molecule is COCCNC1CCCN(CCOC)CC1. The number of hydrogen-bond donors (Lipinski definition) is 1. The van der Waals surface area contributed by atoms with Gasteiger partial charge in [-0.3, -0.25) is 0 Å². The highest BCUT2D eigenvalue weighted by atomic mass is 16.5. The Balaban J connectivity index is 2.13. The van der Waals surface area contributed by atoms with Gasteiger partial charge in [0, 0.05) is 33.4 Å². The summed E-state index contributed by atoms with van der Waals surface area (Å²) < 4.78 is 10.2. The summed E-state index contributed by atoms with van der Waals surface area (Å²) in [4.78, 5) is 2.50. The van der Waals surface area contributed by atoms with E-state index >= 15 is 0 Å². The maximum atomic E-state index is 5.12. The zero-order valence-electron chi connectivity index (χ0n) is 10.7. The molecule has 0 bridgehead atoms. The van der Waals surface area contributed by atoms with Crippen LogP contribution in [0.4, 0.5) is 0 Å². The summed E-state index contributed by atoms with van der Waals surface area (Å²) in [5.74, 6) is 0. The van der Waals surface area contributed by atoms with Crippen molar-refractivity contribution in [2.45, 2.75) is 25.3 Å². The maximum Gasteiger partial charge on any atom is 0.0589 e. The Kier molecular flexibility index (Phi) is 7.76. The molecule has 0 aromatic rings. The van der Waals surface area contributed by atoms with Gasteiger partial charge in [-0.05, 0) is 32.4 Å². The molecule has 0 aromatic carbocycles. The Morgan fingerprint density at radius 3 is 2.69 bits per heavy atom. The summed E-state index contributed by atoms with van der Waals surface area (Å²) in [5, 5.41) is 3.56. The molecule has 1 aliphatic heterocycles. The number of ether oxygens (including phenoxy) is 2. The molecule has 0 radical (unpaired) electrons. The molecule has 1 heterocycles. The van der Waals surface area contributed by atoms with Gasteiger partial charge in [-0.15, -0.1) is 0 Å². The number of hydrogen-bond acceptors (Lipinski definition) is 4. The largest absolute Gasteiger partial charge is 0.383 e. The zero-order valence-corrected chi connectivity index (χ0v) is 10.7. The van der Waals surface area contributed by atoms with Gasteiger partial charge in [0.15, 0.2) is 0 Å². The van der Waals surface area contributed by atoms with E-state index in [0.717, 1.165) is 26.3 Å². The van der Waals surface area contributed by atoms with Crippen molar-refractivity contribution in [3.05, 3.63) is 0 Å². The Labute approximate surface area is 99.3 Å². The van der Waals surface area contributed by atoms with Crippen LogP contribution in [0.3, 0.4) is 0 Å². The van der Waals surface area contributed by atoms with Crippen molar-refractivity contribution < 1.29 is 9.47 Å². The number of nitrogens with zero attached hydrogens (tertiary/aromatic N) is 1. The predicted octanol–water partition coefficient (Wildman–Crippen LogP) is 0.723. The minimum absolute atomic E-state index is 0.669. The number of likely N-dealkylation sites (tertiary alicyclic amines) is 1. The fourth-order valence-electron chi connectivity index (χ4n) is 2.17. The lowest BCUT2D eigenvalue weighted by Crippen LogP contribution is -2.33. The minimum Gasteiger partial charge on any atom is -0.383 e. The van der Waals surface area contributed by atoms with E-state index in [1.165, 1.54) is 32.4 Å². The summed E-state index contributed by atoms with van der Waals surface area (Å²) in [6, 6.07) is 0.669. The molecular weight excluding hydrogens is 204 g/mol. The Morgan fingerprint density at radius 1 is 1.12 bits per heavy atom. The zero-order chi connectivity index (χ0) is 11.6. The van der Waals surface area contributed by atoms with Crippen LogP contribution in [0.25, 0.3) is 0 Å². The number of methoxy groups -OCH3 is 2. The Hall–Kier alpha value is -0.160. The molecule has 0 aliphatic carbocycles. The Bertz CT molecular complexity index is 167. The first-order valence-electron chi connectivity index (χ1n) is 6.30. The van der Waals surface area contributed by atoms with Gasteiger partial charge in [-0.25, -0.2) is 0 Å².